The quantitative estimate of drug-likeness (QED) is 0.172. The van der Waals surface area contributed by atoms with Crippen LogP contribution in [0.1, 0.15) is 37.3 Å². The zero-order valence-corrected chi connectivity index (χ0v) is 21.8. The molecule has 1 heterocycles. The summed E-state index contributed by atoms with van der Waals surface area (Å²) in [6, 6.07) is 6.28. The Labute approximate surface area is 227 Å². The highest BCUT2D eigenvalue weighted by Gasteiger charge is 2.39. The molecule has 0 saturated heterocycles. The van der Waals surface area contributed by atoms with E-state index in [1.54, 1.807) is 31.2 Å². The highest BCUT2D eigenvalue weighted by Crippen LogP contribution is 2.38. The monoisotopic (exact) mass is 554 g/mol. The van der Waals surface area contributed by atoms with Crippen molar-refractivity contribution >= 4 is 58.0 Å². The van der Waals surface area contributed by atoms with E-state index < -0.39 is 22.5 Å². The predicted molar refractivity (Wildman–Crippen MR) is 147 cm³/mol. The average molecular weight is 555 g/mol. The molecule has 0 spiro atoms. The van der Waals surface area contributed by atoms with Crippen LogP contribution in [0.4, 0.5) is 5.69 Å². The molecule has 3 N–H and O–H groups in total. The van der Waals surface area contributed by atoms with E-state index in [0.717, 1.165) is 18.4 Å². The number of rotatable bonds is 10. The number of aromatic nitrogens is 1. The first-order chi connectivity index (χ1) is 18.1. The molecule has 1 aromatic heterocycles. The van der Waals surface area contributed by atoms with Crippen LogP contribution in [0, 0.1) is 16.0 Å². The molecule has 2 amide bonds. The number of halogens is 1. The zero-order valence-electron chi connectivity index (χ0n) is 20.2. The van der Waals surface area contributed by atoms with Gasteiger partial charge in [0.25, 0.3) is 17.2 Å². The third-order valence-electron chi connectivity index (χ3n) is 6.21. The van der Waals surface area contributed by atoms with Crippen molar-refractivity contribution in [2.45, 2.75) is 32.3 Å². The van der Waals surface area contributed by atoms with Crippen molar-refractivity contribution in [3.05, 3.63) is 91.0 Å². The van der Waals surface area contributed by atoms with Gasteiger partial charge in [0, 0.05) is 46.5 Å². The first kappa shape index (κ1) is 27.0. The summed E-state index contributed by atoms with van der Waals surface area (Å²) in [6.07, 6.45) is 3.89. The second-order valence-corrected chi connectivity index (χ2v) is 9.85. The molecule has 1 saturated carbocycles. The van der Waals surface area contributed by atoms with Gasteiger partial charge in [-0.25, -0.2) is 0 Å². The number of benzene rings is 1. The summed E-state index contributed by atoms with van der Waals surface area (Å²) < 4.78 is 6.10. The summed E-state index contributed by atoms with van der Waals surface area (Å²) in [5.74, 6) is -0.393. The Morgan fingerprint density at radius 3 is 2.76 bits per heavy atom. The Bertz CT molecular complexity index is 1490. The third kappa shape index (κ3) is 5.74. The number of hydrogen-bond acceptors (Lipinski definition) is 7. The molecule has 1 atom stereocenters. The Morgan fingerprint density at radius 1 is 1.37 bits per heavy atom. The second-order valence-electron chi connectivity index (χ2n) is 8.92. The number of nitrogens with one attached hydrogen (secondary N) is 3. The Balaban J connectivity index is 1.68. The Morgan fingerprint density at radius 2 is 2.11 bits per heavy atom. The number of hydrogen-bond donors (Lipinski definition) is 3. The van der Waals surface area contributed by atoms with Crippen LogP contribution in [0.15, 0.2) is 59.2 Å². The van der Waals surface area contributed by atoms with Gasteiger partial charge in [0.05, 0.1) is 9.79 Å². The topological polar surface area (TPSA) is 143 Å². The van der Waals surface area contributed by atoms with Crippen molar-refractivity contribution in [1.82, 2.24) is 10.3 Å². The molecule has 2 aliphatic carbocycles. The van der Waals surface area contributed by atoms with Crippen molar-refractivity contribution in [3.8, 4) is 5.75 Å². The molecule has 12 heteroatoms. The fourth-order valence-corrected chi connectivity index (χ4v) is 4.66. The van der Waals surface area contributed by atoms with Crippen LogP contribution in [0.2, 0.25) is 5.02 Å². The SMILES string of the molecule is C=C(NC=O)c1cc(Cl)ccc1OC(C(=O)Nc1c(C2=C(C)CC(=S)C([N+](=O)[O-])=C2)cc[nH]c1=O)C1CC1. The van der Waals surface area contributed by atoms with E-state index in [9.17, 15) is 24.5 Å². The molecule has 1 fully saturated rings. The minimum atomic E-state index is -0.967. The number of anilines is 1. The van der Waals surface area contributed by atoms with Gasteiger partial charge in [0.1, 0.15) is 11.4 Å². The first-order valence-corrected chi connectivity index (χ1v) is 12.4. The number of pyridine rings is 1. The van der Waals surface area contributed by atoms with Crippen molar-refractivity contribution in [2.75, 3.05) is 5.32 Å². The highest BCUT2D eigenvalue weighted by atomic mass is 35.5. The largest absolute Gasteiger partial charge is 0.480 e. The molecule has 0 bridgehead atoms. The summed E-state index contributed by atoms with van der Waals surface area (Å²) in [7, 11) is 0. The molecular formula is C26H23ClN4O6S. The highest BCUT2D eigenvalue weighted by molar-refractivity contribution is 7.80. The van der Waals surface area contributed by atoms with Gasteiger partial charge in [0.15, 0.2) is 6.10 Å². The number of carbonyl (C=O) groups is 2. The van der Waals surface area contributed by atoms with Gasteiger partial charge < -0.3 is 20.4 Å². The van der Waals surface area contributed by atoms with E-state index in [4.69, 9.17) is 28.6 Å². The fourth-order valence-electron chi connectivity index (χ4n) is 4.14. The molecule has 2 aliphatic rings. The van der Waals surface area contributed by atoms with Crippen molar-refractivity contribution in [2.24, 2.45) is 5.92 Å². The van der Waals surface area contributed by atoms with Crippen LogP contribution in [0.25, 0.3) is 11.3 Å². The minimum Gasteiger partial charge on any atom is -0.480 e. The van der Waals surface area contributed by atoms with E-state index >= 15 is 0 Å². The number of ether oxygens (including phenoxy) is 1. The molecule has 0 radical (unpaired) electrons. The normalized spacial score (nSPS) is 15.8. The van der Waals surface area contributed by atoms with Gasteiger partial charge in [-0.2, -0.15) is 0 Å². The number of nitro groups is 1. The van der Waals surface area contributed by atoms with Crippen molar-refractivity contribution < 1.29 is 19.2 Å². The Hall–Kier alpha value is -4.09. The molecule has 38 heavy (non-hydrogen) atoms. The smallest absolute Gasteiger partial charge is 0.284 e. The molecular weight excluding hydrogens is 532 g/mol. The number of thiocarbonyl (C=S) groups is 1. The lowest BCUT2D eigenvalue weighted by Crippen LogP contribution is -2.37. The standard InChI is InChI=1S/C26H23ClN4O6S/c1-13-9-22(38)20(31(35)36)11-18(13)17-7-8-28-25(33)23(17)30-26(34)24(15-3-4-15)37-21-6-5-16(27)10-19(21)14(2)29-12-32/h5-8,10-12,15,24H,2-4,9H2,1H3,(H,28,33)(H,29,32)(H,30,34). The number of carbonyl (C=O) groups excluding carboxylic acids is 2. The van der Waals surface area contributed by atoms with E-state index in [0.29, 0.717) is 28.1 Å². The first-order valence-electron chi connectivity index (χ1n) is 11.6. The molecule has 10 nitrogen and oxygen atoms in total. The molecule has 1 unspecified atom stereocenters. The maximum absolute atomic E-state index is 13.5. The molecule has 196 valence electrons. The van der Waals surface area contributed by atoms with Crippen LogP contribution in [0.3, 0.4) is 0 Å². The third-order valence-corrected chi connectivity index (χ3v) is 6.80. The minimum absolute atomic E-state index is 0.0590. The summed E-state index contributed by atoms with van der Waals surface area (Å²) in [5.41, 5.74) is 1.26. The van der Waals surface area contributed by atoms with Gasteiger partial charge in [-0.3, -0.25) is 24.5 Å². The van der Waals surface area contributed by atoms with E-state index in [1.807, 2.05) is 0 Å². The average Bonchev–Trinajstić information content (AvgIpc) is 3.70. The lowest BCUT2D eigenvalue weighted by atomic mass is 9.91. The maximum atomic E-state index is 13.5. The zero-order chi connectivity index (χ0) is 27.6. The van der Waals surface area contributed by atoms with Crippen LogP contribution in [0.5, 0.6) is 5.75 Å². The van der Waals surface area contributed by atoms with Crippen molar-refractivity contribution in [3.63, 3.8) is 0 Å². The van der Waals surface area contributed by atoms with Gasteiger partial charge in [0.2, 0.25) is 6.41 Å². The van der Waals surface area contributed by atoms with E-state index in [2.05, 4.69) is 22.2 Å². The lowest BCUT2D eigenvalue weighted by Gasteiger charge is -2.22. The molecule has 4 rings (SSSR count). The predicted octanol–water partition coefficient (Wildman–Crippen LogP) is 4.25. The number of allylic oxidation sites excluding steroid dienone is 4. The Kier molecular flexibility index (Phi) is 7.88. The van der Waals surface area contributed by atoms with Crippen LogP contribution in [-0.2, 0) is 9.59 Å². The van der Waals surface area contributed by atoms with Gasteiger partial charge in [-0.1, -0.05) is 36.0 Å². The maximum Gasteiger partial charge on any atom is 0.284 e. The number of amides is 2. The fraction of sp³-hybridized carbons (Fsp3) is 0.231. The summed E-state index contributed by atoms with van der Waals surface area (Å²) >= 11 is 11.3. The van der Waals surface area contributed by atoms with Gasteiger partial charge in [-0.15, -0.1) is 0 Å². The van der Waals surface area contributed by atoms with Crippen molar-refractivity contribution in [1.29, 1.82) is 0 Å². The molecule has 1 aromatic carbocycles. The number of H-pyrrole nitrogens is 1. The second kappa shape index (κ2) is 11.1. The number of aromatic amines is 1. The summed E-state index contributed by atoms with van der Waals surface area (Å²) in [6.45, 7) is 5.57. The van der Waals surface area contributed by atoms with Gasteiger partial charge >= 0.3 is 0 Å². The van der Waals surface area contributed by atoms with E-state index in [1.165, 1.54) is 12.3 Å². The number of nitrogens with zero attached hydrogens (tertiary/aromatic N) is 1. The summed E-state index contributed by atoms with van der Waals surface area (Å²) in [4.78, 5) is 50.9. The molecule has 2 aromatic rings. The lowest BCUT2D eigenvalue weighted by molar-refractivity contribution is -0.414. The van der Waals surface area contributed by atoms with Crippen LogP contribution < -0.4 is 20.9 Å². The molecule has 0 aliphatic heterocycles. The van der Waals surface area contributed by atoms with Gasteiger partial charge in [-0.05, 0) is 49.6 Å². The van der Waals surface area contributed by atoms with Crippen LogP contribution in [-0.4, -0.2) is 33.2 Å². The summed E-state index contributed by atoms with van der Waals surface area (Å²) in [5, 5.41) is 17.0. The van der Waals surface area contributed by atoms with Crippen LogP contribution >= 0.6 is 23.8 Å². The van der Waals surface area contributed by atoms with E-state index in [-0.39, 0.29) is 40.0 Å².